The van der Waals surface area contributed by atoms with Crippen molar-refractivity contribution in [2.75, 3.05) is 0 Å². The Morgan fingerprint density at radius 3 is 2.40 bits per heavy atom. The molecular formula is C16H29N3O. The zero-order chi connectivity index (χ0) is 14.9. The molecule has 20 heavy (non-hydrogen) atoms. The highest BCUT2D eigenvalue weighted by Crippen LogP contribution is 2.24. The molecule has 1 aliphatic carbocycles. The van der Waals surface area contributed by atoms with Gasteiger partial charge in [0.25, 0.3) is 0 Å². The third-order valence-corrected chi connectivity index (χ3v) is 4.27. The van der Waals surface area contributed by atoms with E-state index < -0.39 is 0 Å². The molecule has 1 heterocycles. The lowest BCUT2D eigenvalue weighted by Gasteiger charge is -2.29. The molecule has 0 amide bonds. The molecule has 4 nitrogen and oxygen atoms in total. The molecule has 1 aromatic rings. The highest BCUT2D eigenvalue weighted by Gasteiger charge is 2.23. The van der Waals surface area contributed by atoms with Crippen LogP contribution >= 0.6 is 0 Å². The van der Waals surface area contributed by atoms with Gasteiger partial charge < -0.3 is 10.4 Å². The predicted octanol–water partition coefficient (Wildman–Crippen LogP) is 2.90. The number of nitrogens with zero attached hydrogens (tertiary/aromatic N) is 2. The first-order chi connectivity index (χ1) is 9.27. The molecule has 4 heteroatoms. The van der Waals surface area contributed by atoms with E-state index in [1.54, 1.807) is 0 Å². The van der Waals surface area contributed by atoms with Crippen LogP contribution in [0.15, 0.2) is 6.20 Å². The first-order valence-corrected chi connectivity index (χ1v) is 7.78. The van der Waals surface area contributed by atoms with E-state index in [2.05, 4.69) is 55.9 Å². The second-order valence-corrected chi connectivity index (χ2v) is 7.18. The molecular weight excluding hydrogens is 250 g/mol. The quantitative estimate of drug-likeness (QED) is 0.894. The fourth-order valence-electron chi connectivity index (χ4n) is 2.93. The van der Waals surface area contributed by atoms with Crippen LogP contribution in [0, 0.1) is 6.92 Å². The van der Waals surface area contributed by atoms with Gasteiger partial charge in [0, 0.05) is 23.8 Å². The monoisotopic (exact) mass is 279 g/mol. The number of hydrogen-bond acceptors (Lipinski definition) is 3. The highest BCUT2D eigenvalue weighted by atomic mass is 16.3. The summed E-state index contributed by atoms with van der Waals surface area (Å²) in [7, 11) is 0. The van der Waals surface area contributed by atoms with E-state index in [1.165, 1.54) is 5.56 Å². The Balaban J connectivity index is 2.02. The van der Waals surface area contributed by atoms with Crippen LogP contribution in [0.4, 0.5) is 0 Å². The van der Waals surface area contributed by atoms with Crippen LogP contribution in [0.25, 0.3) is 0 Å². The van der Waals surface area contributed by atoms with Gasteiger partial charge in [0.05, 0.1) is 17.3 Å². The van der Waals surface area contributed by atoms with E-state index in [0.29, 0.717) is 12.1 Å². The van der Waals surface area contributed by atoms with Gasteiger partial charge in [-0.2, -0.15) is 5.10 Å². The summed E-state index contributed by atoms with van der Waals surface area (Å²) < 4.78 is 2.06. The maximum Gasteiger partial charge on any atom is 0.0641 e. The lowest BCUT2D eigenvalue weighted by atomic mass is 9.92. The first-order valence-electron chi connectivity index (χ1n) is 7.78. The van der Waals surface area contributed by atoms with E-state index in [4.69, 9.17) is 0 Å². The minimum absolute atomic E-state index is 0.0255. The highest BCUT2D eigenvalue weighted by molar-refractivity contribution is 5.20. The van der Waals surface area contributed by atoms with Crippen LogP contribution in [-0.4, -0.2) is 27.0 Å². The number of aryl methyl sites for hydroxylation is 1. The van der Waals surface area contributed by atoms with Crippen molar-refractivity contribution in [3.63, 3.8) is 0 Å². The fraction of sp³-hybridized carbons (Fsp3) is 0.812. The minimum atomic E-state index is -0.0891. The normalized spacial score (nSPS) is 25.7. The van der Waals surface area contributed by atoms with Crippen molar-refractivity contribution < 1.29 is 5.11 Å². The van der Waals surface area contributed by atoms with Crippen molar-refractivity contribution in [3.8, 4) is 0 Å². The molecule has 0 aliphatic heterocycles. The third kappa shape index (κ3) is 3.61. The summed E-state index contributed by atoms with van der Waals surface area (Å²) in [6, 6.07) is 0.831. The Hall–Kier alpha value is -0.870. The molecule has 1 aliphatic rings. The Morgan fingerprint density at radius 2 is 1.90 bits per heavy atom. The molecule has 2 rings (SSSR count). The van der Waals surface area contributed by atoms with Gasteiger partial charge in [-0.15, -0.1) is 0 Å². The maximum atomic E-state index is 9.57. The number of aromatic nitrogens is 2. The van der Waals surface area contributed by atoms with E-state index in [9.17, 15) is 5.11 Å². The number of aliphatic hydroxyl groups excluding tert-OH is 1. The Bertz CT molecular complexity index is 439. The van der Waals surface area contributed by atoms with Crippen LogP contribution in [0.1, 0.15) is 70.7 Å². The van der Waals surface area contributed by atoms with Crippen molar-refractivity contribution in [1.29, 1.82) is 0 Å². The number of rotatable bonds is 3. The number of nitrogens with one attached hydrogen (secondary N) is 1. The first kappa shape index (κ1) is 15.5. The molecule has 0 spiro atoms. The van der Waals surface area contributed by atoms with Crippen LogP contribution < -0.4 is 5.32 Å². The predicted molar refractivity (Wildman–Crippen MR) is 81.8 cm³/mol. The molecule has 1 fully saturated rings. The molecule has 0 saturated heterocycles. The van der Waals surface area contributed by atoms with Gasteiger partial charge in [0.1, 0.15) is 0 Å². The SMILES string of the molecule is Cc1nn(C(C)(C)C)cc1C(C)NC1CCC(O)CC1. The van der Waals surface area contributed by atoms with Crippen molar-refractivity contribution in [2.24, 2.45) is 0 Å². The molecule has 0 radical (unpaired) electrons. The zero-order valence-electron chi connectivity index (χ0n) is 13.5. The molecule has 2 N–H and O–H groups in total. The van der Waals surface area contributed by atoms with Gasteiger partial charge in [-0.25, -0.2) is 0 Å². The third-order valence-electron chi connectivity index (χ3n) is 4.27. The summed E-state index contributed by atoms with van der Waals surface area (Å²) in [5, 5.41) is 17.9. The van der Waals surface area contributed by atoms with Gasteiger partial charge in [-0.05, 0) is 60.3 Å². The summed E-state index contributed by atoms with van der Waals surface area (Å²) in [6.07, 6.45) is 6.06. The van der Waals surface area contributed by atoms with Crippen LogP contribution in [-0.2, 0) is 5.54 Å². The molecule has 114 valence electrons. The average molecular weight is 279 g/mol. The van der Waals surface area contributed by atoms with Crippen molar-refractivity contribution in [3.05, 3.63) is 17.5 Å². The topological polar surface area (TPSA) is 50.1 Å². The lowest BCUT2D eigenvalue weighted by molar-refractivity contribution is 0.114. The van der Waals surface area contributed by atoms with Gasteiger partial charge >= 0.3 is 0 Å². The molecule has 1 atom stereocenters. The summed E-state index contributed by atoms with van der Waals surface area (Å²) in [4.78, 5) is 0. The maximum absolute atomic E-state index is 9.57. The van der Waals surface area contributed by atoms with Crippen molar-refractivity contribution in [2.45, 2.75) is 84.0 Å². The second kappa shape index (κ2) is 5.86. The standard InChI is InChI=1S/C16H29N3O/c1-11(17-13-6-8-14(20)9-7-13)15-10-19(16(3,4)5)18-12(15)2/h10-11,13-14,17,20H,6-9H2,1-5H3. The average Bonchev–Trinajstić information content (AvgIpc) is 2.74. The van der Waals surface area contributed by atoms with Crippen LogP contribution in [0.5, 0.6) is 0 Å². The Morgan fingerprint density at radius 1 is 1.30 bits per heavy atom. The molecule has 1 aromatic heterocycles. The Kier molecular flexibility index (Phi) is 4.55. The Labute approximate surface area is 122 Å². The lowest BCUT2D eigenvalue weighted by Crippen LogP contribution is -2.36. The van der Waals surface area contributed by atoms with Gasteiger partial charge in [-0.1, -0.05) is 0 Å². The summed E-state index contributed by atoms with van der Waals surface area (Å²) in [5.74, 6) is 0. The van der Waals surface area contributed by atoms with Crippen LogP contribution in [0.3, 0.4) is 0 Å². The zero-order valence-corrected chi connectivity index (χ0v) is 13.5. The minimum Gasteiger partial charge on any atom is -0.393 e. The van der Waals surface area contributed by atoms with E-state index in [1.807, 2.05) is 0 Å². The molecule has 0 aromatic carbocycles. The second-order valence-electron chi connectivity index (χ2n) is 7.18. The van der Waals surface area contributed by atoms with E-state index >= 15 is 0 Å². The fourth-order valence-corrected chi connectivity index (χ4v) is 2.93. The molecule has 0 bridgehead atoms. The summed E-state index contributed by atoms with van der Waals surface area (Å²) in [6.45, 7) is 10.8. The molecule has 1 saturated carbocycles. The van der Waals surface area contributed by atoms with E-state index in [0.717, 1.165) is 31.4 Å². The van der Waals surface area contributed by atoms with Crippen molar-refractivity contribution in [1.82, 2.24) is 15.1 Å². The molecule has 1 unspecified atom stereocenters. The van der Waals surface area contributed by atoms with Gasteiger partial charge in [0.2, 0.25) is 0 Å². The van der Waals surface area contributed by atoms with Gasteiger partial charge in [0.15, 0.2) is 0 Å². The summed E-state index contributed by atoms with van der Waals surface area (Å²) in [5.41, 5.74) is 2.42. The van der Waals surface area contributed by atoms with E-state index in [-0.39, 0.29) is 11.6 Å². The number of aliphatic hydroxyl groups is 1. The van der Waals surface area contributed by atoms with Crippen molar-refractivity contribution >= 4 is 0 Å². The van der Waals surface area contributed by atoms with Crippen LogP contribution in [0.2, 0.25) is 0 Å². The van der Waals surface area contributed by atoms with Gasteiger partial charge in [-0.3, -0.25) is 4.68 Å². The smallest absolute Gasteiger partial charge is 0.0641 e. The largest absolute Gasteiger partial charge is 0.393 e. The number of hydrogen-bond donors (Lipinski definition) is 2. The summed E-state index contributed by atoms with van der Waals surface area (Å²) >= 11 is 0.